The molecule has 59 heavy (non-hydrogen) atoms. The van der Waals surface area contributed by atoms with Gasteiger partial charge < -0.3 is 29.3 Å². The number of hydrogen-bond donors (Lipinski definition) is 3. The number of nitrogens with one attached hydrogen (secondary N) is 1. The van der Waals surface area contributed by atoms with Crippen LogP contribution in [0.15, 0.2) is 72.8 Å². The minimum Gasteiger partial charge on any atom is -0.493 e. The van der Waals surface area contributed by atoms with E-state index in [1.807, 2.05) is 57.4 Å². The molecule has 0 aromatic heterocycles. The van der Waals surface area contributed by atoms with E-state index in [4.69, 9.17) is 21.1 Å². The van der Waals surface area contributed by atoms with Crippen LogP contribution in [0.3, 0.4) is 0 Å². The van der Waals surface area contributed by atoms with E-state index in [-0.39, 0.29) is 23.0 Å². The summed E-state index contributed by atoms with van der Waals surface area (Å²) in [5.74, 6) is 1.17. The highest BCUT2D eigenvalue weighted by molar-refractivity contribution is 7.84. The summed E-state index contributed by atoms with van der Waals surface area (Å²) < 4.78 is 29.4. The third-order valence-corrected chi connectivity index (χ3v) is 14.9. The predicted molar refractivity (Wildman–Crippen MR) is 241 cm³/mol. The lowest BCUT2D eigenvalue weighted by molar-refractivity contribution is -0.0982. The third kappa shape index (κ3) is 11.2. The summed E-state index contributed by atoms with van der Waals surface area (Å²) in [6.07, 6.45) is 9.36. The molecule has 4 aliphatic rings. The van der Waals surface area contributed by atoms with Crippen molar-refractivity contribution in [2.24, 2.45) is 17.8 Å². The lowest BCUT2D eigenvalue weighted by atomic mass is 9.64. The zero-order valence-electron chi connectivity index (χ0n) is 35.7. The average Bonchev–Trinajstić information content (AvgIpc) is 3.20. The topological polar surface area (TPSA) is 115 Å². The Bertz CT molecular complexity index is 1930. The number of methoxy groups -OCH3 is 1. The van der Waals surface area contributed by atoms with Gasteiger partial charge in [-0.15, -0.1) is 0 Å². The van der Waals surface area contributed by atoms with Gasteiger partial charge in [0.2, 0.25) is 0 Å². The van der Waals surface area contributed by atoms with E-state index in [0.29, 0.717) is 41.6 Å². The zero-order valence-corrected chi connectivity index (χ0v) is 37.3. The highest BCUT2D eigenvalue weighted by Crippen LogP contribution is 2.46. The van der Waals surface area contributed by atoms with E-state index in [0.717, 1.165) is 87.8 Å². The van der Waals surface area contributed by atoms with Gasteiger partial charge in [0.15, 0.2) is 0 Å². The highest BCUT2D eigenvalue weighted by Gasteiger charge is 2.48. The Morgan fingerprint density at radius 3 is 2.41 bits per heavy atom. The molecule has 3 aromatic rings. The maximum Gasteiger partial charge on any atom is 0.488 e. The molecule has 1 amide bonds. The van der Waals surface area contributed by atoms with E-state index >= 15 is 0 Å². The van der Waals surface area contributed by atoms with Crippen molar-refractivity contribution in [1.82, 2.24) is 14.5 Å². The first-order valence-corrected chi connectivity index (χ1v) is 23.0. The zero-order chi connectivity index (χ0) is 42.3. The molecule has 1 saturated heterocycles. The van der Waals surface area contributed by atoms with Crippen LogP contribution in [-0.4, -0.2) is 115 Å². The van der Waals surface area contributed by atoms with Crippen LogP contribution in [0, 0.1) is 24.7 Å². The van der Waals surface area contributed by atoms with Gasteiger partial charge in [0.05, 0.1) is 11.9 Å². The highest BCUT2D eigenvalue weighted by atomic mass is 35.5. The van der Waals surface area contributed by atoms with Gasteiger partial charge in [-0.2, -0.15) is 0 Å². The lowest BCUT2D eigenvalue weighted by Gasteiger charge is -2.51. The number of allylic oxidation sites excluding steroid dienone is 1. The first-order chi connectivity index (χ1) is 28.3. The summed E-state index contributed by atoms with van der Waals surface area (Å²) in [5, 5.41) is 19.9. The number of anilines is 1. The Hall–Kier alpha value is -3.23. The summed E-state index contributed by atoms with van der Waals surface area (Å²) >= 11 is 6.52. The van der Waals surface area contributed by atoms with Crippen molar-refractivity contribution in [3.05, 3.63) is 100 Å². The lowest BCUT2D eigenvalue weighted by Crippen LogP contribution is -2.58. The molecule has 1 aliphatic carbocycles. The molecule has 3 aliphatic heterocycles. The molecule has 7 atom stereocenters. The maximum absolute atomic E-state index is 13.5. The van der Waals surface area contributed by atoms with E-state index in [1.54, 1.807) is 12.1 Å². The number of carbonyl (C=O) groups excluding carboxylic acids is 1. The number of amides is 1. The third-order valence-electron chi connectivity index (χ3n) is 13.1. The fourth-order valence-electron chi connectivity index (χ4n) is 9.25. The fraction of sp³-hybridized carbons (Fsp3) is 0.543. The first-order valence-electron chi connectivity index (χ1n) is 21.4. The number of ether oxygens (including phenoxy) is 2. The van der Waals surface area contributed by atoms with E-state index in [2.05, 4.69) is 64.6 Å². The molecule has 10 nitrogen and oxygen atoms in total. The molecule has 1 saturated carbocycles. The van der Waals surface area contributed by atoms with Crippen LogP contribution >= 0.6 is 11.6 Å². The van der Waals surface area contributed by atoms with Crippen molar-refractivity contribution in [2.75, 3.05) is 71.5 Å². The maximum atomic E-state index is 13.5. The van der Waals surface area contributed by atoms with Gasteiger partial charge in [-0.25, -0.2) is 4.21 Å². The summed E-state index contributed by atoms with van der Waals surface area (Å²) in [6, 6.07) is 19.2. The number of aryl methyl sites for hydroxylation is 2. The summed E-state index contributed by atoms with van der Waals surface area (Å²) in [6.45, 7) is 14.5. The van der Waals surface area contributed by atoms with Crippen molar-refractivity contribution in [2.45, 2.75) is 76.6 Å². The number of nitrogens with zero attached hydrogens (tertiary/aromatic N) is 3. The minimum absolute atomic E-state index is 0.0443. The van der Waals surface area contributed by atoms with Crippen LogP contribution in [0.25, 0.3) is 0 Å². The summed E-state index contributed by atoms with van der Waals surface area (Å²) in [5.41, 5.74) is 4.90. The van der Waals surface area contributed by atoms with Gasteiger partial charge in [0.1, 0.15) is 22.3 Å². The van der Waals surface area contributed by atoms with Crippen LogP contribution in [0.5, 0.6) is 5.75 Å². The molecule has 7 unspecified atom stereocenters. The second-order valence-corrected chi connectivity index (χ2v) is 19.2. The molecule has 13 heteroatoms. The number of rotatable bonds is 8. The molecule has 2 fully saturated rings. The Balaban J connectivity index is 1.26. The molecule has 3 heterocycles. The molecule has 320 valence electrons. The van der Waals surface area contributed by atoms with Gasteiger partial charge in [0.25, 0.3) is 5.91 Å². The number of fused-ring (bicyclic) bond motifs is 14. The second kappa shape index (κ2) is 20.6. The fourth-order valence-corrected chi connectivity index (χ4v) is 10.5. The molecule has 3 N–H and O–H groups in total. The molecule has 2 bridgehead atoms. The number of carbonyl (C=O) groups is 1. The van der Waals surface area contributed by atoms with Crippen LogP contribution in [0.4, 0.5) is 5.69 Å². The van der Waals surface area contributed by atoms with Crippen molar-refractivity contribution < 1.29 is 28.5 Å². The molecule has 0 radical (unpaired) electrons. The van der Waals surface area contributed by atoms with Gasteiger partial charge in [0, 0.05) is 75.1 Å². The van der Waals surface area contributed by atoms with Crippen LogP contribution < -0.4 is 19.8 Å². The minimum atomic E-state index is -1.57. The quantitative estimate of drug-likeness (QED) is 0.186. The van der Waals surface area contributed by atoms with Crippen molar-refractivity contribution in [3.63, 3.8) is 0 Å². The standard InChI is InChI=1S/C46H64BClN4O6S/c1-7-9-36-27-39(48)14-18-42(36)38-29-50(5)28-37-13-19-43(37)46(57-6,31-51-22-24-52(25-23-51)40-15-20-44(47(54)55)33(3)26-40)21-8-10-32(2)34(4)59(56)49-45(53)35-11-16-41(17-12-35)58-30-38/h8,11-12,14-18,20-21,26-27,32,34,37-38,43,54-55H,7,9-10,13,19,22-25,28-31H2,1-6H3,(H,49,53)/b21-8+. The SMILES string of the molecule is CCCc1cc(Cl)ccc1C1COc2ccc(cc2)C(=O)NS(=O)C(C)C(C)C/C=C/C(CN2CCN(c3ccc(B(O)O)c(C)c3)CC2)(OC)C2CCC2CN(C)C1. The smallest absolute Gasteiger partial charge is 0.488 e. The van der Waals surface area contributed by atoms with Crippen molar-refractivity contribution in [3.8, 4) is 5.75 Å². The second-order valence-electron chi connectivity index (χ2n) is 17.2. The molecular weight excluding hydrogens is 783 g/mol. The van der Waals surface area contributed by atoms with Crippen molar-refractivity contribution >= 4 is 46.8 Å². The average molecular weight is 847 g/mol. The normalized spacial score (nSPS) is 28.4. The molecule has 7 rings (SSSR count). The van der Waals surface area contributed by atoms with Crippen LogP contribution in [0.2, 0.25) is 5.02 Å². The summed E-state index contributed by atoms with van der Waals surface area (Å²) in [7, 11) is 1.02. The van der Waals surface area contributed by atoms with Gasteiger partial charge >= 0.3 is 7.12 Å². The Morgan fingerprint density at radius 1 is 1.02 bits per heavy atom. The van der Waals surface area contributed by atoms with E-state index < -0.39 is 23.7 Å². The van der Waals surface area contributed by atoms with Crippen LogP contribution in [-0.2, 0) is 22.1 Å². The number of halogens is 1. The van der Waals surface area contributed by atoms with Gasteiger partial charge in [-0.3, -0.25) is 14.4 Å². The molecule has 0 spiro atoms. The first kappa shape index (κ1) is 45.3. The molecule has 3 aromatic carbocycles. The number of benzene rings is 3. The number of hydrogen-bond acceptors (Lipinski definition) is 9. The number of likely N-dealkylation sites (N-methyl/N-ethyl adjacent to an activating group) is 1. The summed E-state index contributed by atoms with van der Waals surface area (Å²) in [4.78, 5) is 20.6. The van der Waals surface area contributed by atoms with Crippen molar-refractivity contribution in [1.29, 1.82) is 0 Å². The number of piperazine rings is 1. The Labute approximate surface area is 360 Å². The Morgan fingerprint density at radius 2 is 1.76 bits per heavy atom. The Kier molecular flexibility index (Phi) is 15.8. The monoisotopic (exact) mass is 846 g/mol. The van der Waals surface area contributed by atoms with E-state index in [9.17, 15) is 19.1 Å². The van der Waals surface area contributed by atoms with E-state index in [1.165, 1.54) is 11.1 Å². The van der Waals surface area contributed by atoms with Crippen LogP contribution in [0.1, 0.15) is 79.4 Å². The largest absolute Gasteiger partial charge is 0.493 e. The van der Waals surface area contributed by atoms with Gasteiger partial charge in [-0.1, -0.05) is 56.2 Å². The molecular formula is C46H64BClN4O6S. The van der Waals surface area contributed by atoms with Gasteiger partial charge in [-0.05, 0) is 135 Å². The predicted octanol–water partition coefficient (Wildman–Crippen LogP) is 5.99.